The van der Waals surface area contributed by atoms with Gasteiger partial charge in [0.15, 0.2) is 0 Å². The van der Waals surface area contributed by atoms with E-state index in [-0.39, 0.29) is 5.75 Å². The summed E-state index contributed by atoms with van der Waals surface area (Å²) in [5, 5.41) is 10.3. The number of aromatic nitrogens is 2. The monoisotopic (exact) mass is 277 g/mol. The molecule has 0 bridgehead atoms. The van der Waals surface area contributed by atoms with Crippen LogP contribution in [0.15, 0.2) is 36.7 Å². The number of anilines is 1. The van der Waals surface area contributed by atoms with Crippen LogP contribution >= 0.6 is 11.6 Å². The zero-order valence-corrected chi connectivity index (χ0v) is 11.5. The first-order valence-corrected chi connectivity index (χ1v) is 6.58. The van der Waals surface area contributed by atoms with Crippen LogP contribution in [0.5, 0.6) is 5.75 Å². The molecule has 0 radical (unpaired) electrons. The molecular formula is C14H16ClN3O. The Labute approximate surface area is 117 Å². The second-order valence-electron chi connectivity index (χ2n) is 4.25. The fraction of sp³-hybridized carbons (Fsp3) is 0.286. The van der Waals surface area contributed by atoms with Crippen molar-refractivity contribution in [1.29, 1.82) is 0 Å². The van der Waals surface area contributed by atoms with E-state index in [0.29, 0.717) is 17.5 Å². The van der Waals surface area contributed by atoms with Crippen molar-refractivity contribution in [3.05, 3.63) is 47.2 Å². The summed E-state index contributed by atoms with van der Waals surface area (Å²) in [6, 6.07) is 7.29. The molecule has 0 atom stereocenters. The molecule has 1 N–H and O–H groups in total. The maximum absolute atomic E-state index is 9.83. The molecule has 0 spiro atoms. The average molecular weight is 278 g/mol. The Hall–Kier alpha value is -1.81. The maximum atomic E-state index is 9.83. The second-order valence-corrected chi connectivity index (χ2v) is 4.69. The SMILES string of the molecule is CCCN(Cc1ccccc1O)c1ncc(Cl)cn1. The van der Waals surface area contributed by atoms with Crippen molar-refractivity contribution in [2.24, 2.45) is 0 Å². The summed E-state index contributed by atoms with van der Waals surface area (Å²) in [7, 11) is 0. The molecule has 1 aromatic carbocycles. The molecule has 0 fully saturated rings. The third-order valence-corrected chi connectivity index (χ3v) is 2.93. The van der Waals surface area contributed by atoms with E-state index in [1.54, 1.807) is 18.5 Å². The van der Waals surface area contributed by atoms with Crippen molar-refractivity contribution in [2.75, 3.05) is 11.4 Å². The lowest BCUT2D eigenvalue weighted by molar-refractivity contribution is 0.467. The molecule has 19 heavy (non-hydrogen) atoms. The summed E-state index contributed by atoms with van der Waals surface area (Å²) < 4.78 is 0. The van der Waals surface area contributed by atoms with Crippen LogP contribution < -0.4 is 4.90 Å². The lowest BCUT2D eigenvalue weighted by Crippen LogP contribution is -2.25. The van der Waals surface area contributed by atoms with Gasteiger partial charge in [0.2, 0.25) is 5.95 Å². The lowest BCUT2D eigenvalue weighted by atomic mass is 10.2. The third-order valence-electron chi connectivity index (χ3n) is 2.74. The first kappa shape index (κ1) is 13.6. The van der Waals surface area contributed by atoms with E-state index in [9.17, 15) is 5.11 Å². The normalized spacial score (nSPS) is 10.4. The van der Waals surface area contributed by atoms with Crippen LogP contribution in [0.2, 0.25) is 5.02 Å². The number of halogens is 1. The molecule has 0 saturated carbocycles. The van der Waals surface area contributed by atoms with Crippen LogP contribution in [0.3, 0.4) is 0 Å². The van der Waals surface area contributed by atoms with E-state index in [0.717, 1.165) is 18.5 Å². The molecule has 2 aromatic rings. The largest absolute Gasteiger partial charge is 0.508 e. The van der Waals surface area contributed by atoms with Gasteiger partial charge >= 0.3 is 0 Å². The van der Waals surface area contributed by atoms with Gasteiger partial charge in [-0.25, -0.2) is 9.97 Å². The number of benzene rings is 1. The van der Waals surface area contributed by atoms with Gasteiger partial charge in [-0.2, -0.15) is 0 Å². The lowest BCUT2D eigenvalue weighted by Gasteiger charge is -2.22. The number of rotatable bonds is 5. The highest BCUT2D eigenvalue weighted by atomic mass is 35.5. The van der Waals surface area contributed by atoms with Gasteiger partial charge in [0.25, 0.3) is 0 Å². The molecule has 100 valence electrons. The first-order chi connectivity index (χ1) is 9.20. The van der Waals surface area contributed by atoms with Gasteiger partial charge in [-0.1, -0.05) is 36.7 Å². The first-order valence-electron chi connectivity index (χ1n) is 6.20. The number of hydrogen-bond acceptors (Lipinski definition) is 4. The Bertz CT molecular complexity index is 530. The molecule has 1 heterocycles. The van der Waals surface area contributed by atoms with Gasteiger partial charge in [0.05, 0.1) is 17.4 Å². The summed E-state index contributed by atoms with van der Waals surface area (Å²) >= 11 is 5.80. The molecule has 0 amide bonds. The van der Waals surface area contributed by atoms with Gasteiger partial charge in [-0.15, -0.1) is 0 Å². The molecule has 2 rings (SSSR count). The van der Waals surface area contributed by atoms with Crippen molar-refractivity contribution < 1.29 is 5.11 Å². The predicted octanol–water partition coefficient (Wildman–Crippen LogP) is 3.25. The summed E-state index contributed by atoms with van der Waals surface area (Å²) in [5.74, 6) is 0.909. The van der Waals surface area contributed by atoms with Crippen molar-refractivity contribution in [2.45, 2.75) is 19.9 Å². The number of hydrogen-bond donors (Lipinski definition) is 1. The number of para-hydroxylation sites is 1. The van der Waals surface area contributed by atoms with Gasteiger partial charge in [-0.05, 0) is 12.5 Å². The number of nitrogens with zero attached hydrogens (tertiary/aromatic N) is 3. The third kappa shape index (κ3) is 3.58. The zero-order valence-electron chi connectivity index (χ0n) is 10.8. The summed E-state index contributed by atoms with van der Waals surface area (Å²) in [4.78, 5) is 10.5. The molecule has 0 aliphatic rings. The number of aromatic hydroxyl groups is 1. The molecule has 0 aliphatic heterocycles. The molecule has 5 heteroatoms. The van der Waals surface area contributed by atoms with E-state index in [2.05, 4.69) is 16.9 Å². The van der Waals surface area contributed by atoms with Gasteiger partial charge in [0, 0.05) is 18.7 Å². The van der Waals surface area contributed by atoms with Crippen molar-refractivity contribution in [3.63, 3.8) is 0 Å². The highest BCUT2D eigenvalue weighted by molar-refractivity contribution is 6.30. The van der Waals surface area contributed by atoms with Crippen LogP contribution in [0.1, 0.15) is 18.9 Å². The van der Waals surface area contributed by atoms with E-state index in [1.165, 1.54) is 0 Å². The van der Waals surface area contributed by atoms with E-state index >= 15 is 0 Å². The summed E-state index contributed by atoms with van der Waals surface area (Å²) in [6.45, 7) is 3.48. The average Bonchev–Trinajstić information content (AvgIpc) is 2.42. The van der Waals surface area contributed by atoms with Crippen molar-refractivity contribution in [1.82, 2.24) is 9.97 Å². The highest BCUT2D eigenvalue weighted by Crippen LogP contribution is 2.20. The van der Waals surface area contributed by atoms with E-state index in [4.69, 9.17) is 11.6 Å². The minimum atomic E-state index is 0.289. The van der Waals surface area contributed by atoms with Crippen LogP contribution in [0.4, 0.5) is 5.95 Å². The standard InChI is InChI=1S/C14H16ClN3O/c1-2-7-18(14-16-8-12(15)9-17-14)10-11-5-3-4-6-13(11)19/h3-6,8-9,19H,2,7,10H2,1H3. The molecular weight excluding hydrogens is 262 g/mol. The quantitative estimate of drug-likeness (QED) is 0.911. The highest BCUT2D eigenvalue weighted by Gasteiger charge is 2.11. The van der Waals surface area contributed by atoms with Gasteiger partial charge < -0.3 is 10.0 Å². The summed E-state index contributed by atoms with van der Waals surface area (Å²) in [5.41, 5.74) is 0.856. The Balaban J connectivity index is 2.21. The molecule has 0 aliphatic carbocycles. The molecule has 4 nitrogen and oxygen atoms in total. The molecule has 0 saturated heterocycles. The minimum Gasteiger partial charge on any atom is -0.508 e. The van der Waals surface area contributed by atoms with Crippen LogP contribution in [-0.2, 0) is 6.54 Å². The Morgan fingerprint density at radius 2 is 1.89 bits per heavy atom. The fourth-order valence-electron chi connectivity index (χ4n) is 1.84. The Morgan fingerprint density at radius 3 is 2.53 bits per heavy atom. The Kier molecular flexibility index (Phi) is 4.58. The van der Waals surface area contributed by atoms with Crippen molar-refractivity contribution >= 4 is 17.5 Å². The van der Waals surface area contributed by atoms with Crippen LogP contribution in [0.25, 0.3) is 0 Å². The number of phenols is 1. The van der Waals surface area contributed by atoms with Gasteiger partial charge in [0.1, 0.15) is 5.75 Å². The topological polar surface area (TPSA) is 49.2 Å². The van der Waals surface area contributed by atoms with E-state index in [1.807, 2.05) is 23.1 Å². The minimum absolute atomic E-state index is 0.289. The smallest absolute Gasteiger partial charge is 0.225 e. The van der Waals surface area contributed by atoms with Crippen molar-refractivity contribution in [3.8, 4) is 5.75 Å². The number of phenolic OH excluding ortho intramolecular Hbond substituents is 1. The van der Waals surface area contributed by atoms with E-state index < -0.39 is 0 Å². The van der Waals surface area contributed by atoms with Crippen LogP contribution in [0, 0.1) is 0 Å². The molecule has 0 unspecified atom stereocenters. The molecule has 1 aromatic heterocycles. The fourth-order valence-corrected chi connectivity index (χ4v) is 1.94. The second kappa shape index (κ2) is 6.38. The predicted molar refractivity (Wildman–Crippen MR) is 76.5 cm³/mol. The Morgan fingerprint density at radius 1 is 1.21 bits per heavy atom. The summed E-state index contributed by atoms with van der Waals surface area (Å²) in [6.07, 6.45) is 4.13. The van der Waals surface area contributed by atoms with Gasteiger partial charge in [-0.3, -0.25) is 0 Å². The zero-order chi connectivity index (χ0) is 13.7. The maximum Gasteiger partial charge on any atom is 0.225 e. The van der Waals surface area contributed by atoms with Crippen LogP contribution in [-0.4, -0.2) is 21.6 Å².